The van der Waals surface area contributed by atoms with Gasteiger partial charge in [-0.3, -0.25) is 0 Å². The second-order valence-corrected chi connectivity index (χ2v) is 11.8. The highest BCUT2D eigenvalue weighted by Gasteiger charge is 2.62. The summed E-state index contributed by atoms with van der Waals surface area (Å²) in [6, 6.07) is 1.94. The van der Waals surface area contributed by atoms with E-state index in [9.17, 15) is 13.2 Å². The van der Waals surface area contributed by atoms with Gasteiger partial charge in [-0.2, -0.15) is 13.2 Å². The van der Waals surface area contributed by atoms with Gasteiger partial charge in [0.1, 0.15) is 0 Å². The third-order valence-corrected chi connectivity index (χ3v) is 5.57. The molecule has 3 rings (SSSR count). The fourth-order valence-electron chi connectivity index (χ4n) is 3.92. The fourth-order valence-corrected chi connectivity index (χ4v) is 5.28. The molecular formula is C16H22F3NOSi. The van der Waals surface area contributed by atoms with E-state index in [0.717, 1.165) is 36.0 Å². The minimum absolute atomic E-state index is 0.0524. The van der Waals surface area contributed by atoms with Crippen molar-refractivity contribution in [3.05, 3.63) is 28.3 Å². The van der Waals surface area contributed by atoms with Gasteiger partial charge < -0.3 is 10.2 Å². The quantitative estimate of drug-likeness (QED) is 0.648. The van der Waals surface area contributed by atoms with E-state index in [1.54, 1.807) is 19.6 Å². The van der Waals surface area contributed by atoms with Crippen LogP contribution < -0.4 is 5.73 Å². The van der Waals surface area contributed by atoms with E-state index in [2.05, 4.69) is 0 Å². The molecule has 1 atom stereocenters. The van der Waals surface area contributed by atoms with E-state index < -0.39 is 20.1 Å². The van der Waals surface area contributed by atoms with Crippen LogP contribution in [0, 0.1) is 0 Å². The topological polar surface area (TPSA) is 35.2 Å². The second kappa shape index (κ2) is 4.74. The molecule has 0 aromatic heterocycles. The maximum absolute atomic E-state index is 14.0. The minimum Gasteiger partial charge on any atom is -0.400 e. The summed E-state index contributed by atoms with van der Waals surface area (Å²) in [5.74, 6) is 0. The van der Waals surface area contributed by atoms with E-state index in [4.69, 9.17) is 10.2 Å². The van der Waals surface area contributed by atoms with Gasteiger partial charge in [-0.05, 0) is 68.4 Å². The number of nitrogen functional groups attached to an aromatic ring is 1. The number of benzene rings is 1. The van der Waals surface area contributed by atoms with Crippen molar-refractivity contribution in [3.63, 3.8) is 0 Å². The molecule has 2 N–H and O–H groups in total. The molecule has 0 fully saturated rings. The molecule has 2 nitrogen and oxygen atoms in total. The molecule has 0 saturated heterocycles. The lowest BCUT2D eigenvalue weighted by Gasteiger charge is -2.39. The smallest absolute Gasteiger partial charge is 0.400 e. The first kappa shape index (κ1) is 15.9. The van der Waals surface area contributed by atoms with Crippen LogP contribution in [0.4, 0.5) is 18.9 Å². The Hall–Kier alpha value is -1.01. The molecule has 0 heterocycles. The molecule has 0 aliphatic heterocycles. The summed E-state index contributed by atoms with van der Waals surface area (Å²) in [6.07, 6.45) is -1.45. The molecule has 0 amide bonds. The zero-order valence-corrected chi connectivity index (χ0v) is 14.2. The van der Waals surface area contributed by atoms with Gasteiger partial charge in [0.2, 0.25) is 0 Å². The fraction of sp³-hybridized carbons (Fsp3) is 0.625. The van der Waals surface area contributed by atoms with Crippen molar-refractivity contribution in [1.82, 2.24) is 0 Å². The lowest BCUT2D eigenvalue weighted by molar-refractivity contribution is -0.257. The van der Waals surface area contributed by atoms with Crippen LogP contribution in [0.25, 0.3) is 0 Å². The van der Waals surface area contributed by atoms with E-state index in [-0.39, 0.29) is 12.0 Å². The molecule has 122 valence electrons. The van der Waals surface area contributed by atoms with Gasteiger partial charge in [0.15, 0.2) is 13.9 Å². The van der Waals surface area contributed by atoms with Gasteiger partial charge in [-0.25, -0.2) is 0 Å². The number of nitrogens with two attached hydrogens (primary N) is 1. The van der Waals surface area contributed by atoms with Crippen molar-refractivity contribution in [1.29, 1.82) is 0 Å². The van der Waals surface area contributed by atoms with Crippen molar-refractivity contribution in [2.24, 2.45) is 0 Å². The Balaban J connectivity index is 2.22. The third-order valence-electron chi connectivity index (χ3n) is 4.61. The summed E-state index contributed by atoms with van der Waals surface area (Å²) in [5.41, 5.74) is 7.31. The normalized spacial score (nSPS) is 24.5. The standard InChI is InChI=1S/C16H22F3NOSi/c1-22(2,3)21-15(16(17,18)19)8-7-11-9-10-5-4-6-12(10)14(20)13(11)15/h9H,4-8,20H2,1-3H3/t15-/m1/s1. The molecule has 6 heteroatoms. The van der Waals surface area contributed by atoms with Crippen LogP contribution in [0.1, 0.15) is 35.1 Å². The Bertz CT molecular complexity index is 621. The Morgan fingerprint density at radius 3 is 2.41 bits per heavy atom. The second-order valence-electron chi connectivity index (χ2n) is 7.35. The van der Waals surface area contributed by atoms with Crippen LogP contribution in [-0.2, 0) is 29.3 Å². The zero-order chi connectivity index (χ0) is 16.3. The number of aryl methyl sites for hydroxylation is 2. The van der Waals surface area contributed by atoms with Crippen LogP contribution in [-0.4, -0.2) is 14.5 Å². The van der Waals surface area contributed by atoms with Crippen LogP contribution in [0.5, 0.6) is 0 Å². The molecular weight excluding hydrogens is 307 g/mol. The average Bonchev–Trinajstić information content (AvgIpc) is 2.92. The molecule has 2 aliphatic rings. The van der Waals surface area contributed by atoms with Crippen LogP contribution in [0.15, 0.2) is 6.07 Å². The van der Waals surface area contributed by atoms with Crippen molar-refractivity contribution in [2.75, 3.05) is 5.73 Å². The van der Waals surface area contributed by atoms with Crippen molar-refractivity contribution < 1.29 is 17.6 Å². The van der Waals surface area contributed by atoms with Gasteiger partial charge in [0.05, 0.1) is 0 Å². The van der Waals surface area contributed by atoms with Gasteiger partial charge in [-0.1, -0.05) is 6.07 Å². The summed E-state index contributed by atoms with van der Waals surface area (Å²) in [7, 11) is -2.40. The largest absolute Gasteiger partial charge is 0.420 e. The van der Waals surface area contributed by atoms with Crippen molar-refractivity contribution in [2.45, 2.75) is 63.5 Å². The maximum atomic E-state index is 14.0. The minimum atomic E-state index is -4.44. The van der Waals surface area contributed by atoms with Gasteiger partial charge in [0.25, 0.3) is 0 Å². The Morgan fingerprint density at radius 2 is 1.82 bits per heavy atom. The number of hydrogen-bond acceptors (Lipinski definition) is 2. The monoisotopic (exact) mass is 329 g/mol. The number of anilines is 1. The molecule has 0 spiro atoms. The van der Waals surface area contributed by atoms with Crippen molar-refractivity contribution in [3.8, 4) is 0 Å². The van der Waals surface area contributed by atoms with Gasteiger partial charge >= 0.3 is 6.18 Å². The van der Waals surface area contributed by atoms with E-state index in [1.165, 1.54) is 0 Å². The number of rotatable bonds is 2. The van der Waals surface area contributed by atoms with E-state index in [0.29, 0.717) is 12.1 Å². The molecule has 2 aliphatic carbocycles. The Morgan fingerprint density at radius 1 is 1.14 bits per heavy atom. The molecule has 0 bridgehead atoms. The molecule has 0 unspecified atom stereocenters. The summed E-state index contributed by atoms with van der Waals surface area (Å²) in [5, 5.41) is 0. The predicted molar refractivity (Wildman–Crippen MR) is 83.4 cm³/mol. The summed E-state index contributed by atoms with van der Waals surface area (Å²) in [4.78, 5) is 0. The molecule has 1 aromatic rings. The lowest BCUT2D eigenvalue weighted by atomic mass is 9.90. The SMILES string of the molecule is C[Si](C)(C)O[C@]1(C(F)(F)F)CCc2cc3c(c(N)c21)CCC3. The van der Waals surface area contributed by atoms with Gasteiger partial charge in [-0.15, -0.1) is 0 Å². The predicted octanol–water partition coefficient (Wildman–Crippen LogP) is 4.31. The first-order chi connectivity index (χ1) is 10.1. The summed E-state index contributed by atoms with van der Waals surface area (Å²) >= 11 is 0. The summed E-state index contributed by atoms with van der Waals surface area (Å²) in [6.45, 7) is 5.38. The summed E-state index contributed by atoms with van der Waals surface area (Å²) < 4.78 is 47.7. The first-order valence-electron chi connectivity index (χ1n) is 7.76. The highest BCUT2D eigenvalue weighted by atomic mass is 28.4. The Labute approximate surface area is 130 Å². The number of hydrogen-bond donors (Lipinski definition) is 1. The lowest BCUT2D eigenvalue weighted by Crippen LogP contribution is -2.49. The highest BCUT2D eigenvalue weighted by Crippen LogP contribution is 2.55. The number of halogens is 3. The Kier molecular flexibility index (Phi) is 3.42. The van der Waals surface area contributed by atoms with Crippen molar-refractivity contribution >= 4 is 14.0 Å². The zero-order valence-electron chi connectivity index (χ0n) is 13.2. The first-order valence-corrected chi connectivity index (χ1v) is 11.2. The van der Waals surface area contributed by atoms with E-state index in [1.807, 2.05) is 6.07 Å². The molecule has 0 radical (unpaired) electrons. The van der Waals surface area contributed by atoms with Crippen LogP contribution >= 0.6 is 0 Å². The average molecular weight is 329 g/mol. The maximum Gasteiger partial charge on any atom is 0.420 e. The van der Waals surface area contributed by atoms with Crippen LogP contribution in [0.2, 0.25) is 19.6 Å². The number of alkyl halides is 3. The van der Waals surface area contributed by atoms with Gasteiger partial charge in [0, 0.05) is 11.3 Å². The highest BCUT2D eigenvalue weighted by molar-refractivity contribution is 6.69. The van der Waals surface area contributed by atoms with E-state index >= 15 is 0 Å². The third kappa shape index (κ3) is 2.27. The molecule has 22 heavy (non-hydrogen) atoms. The molecule has 0 saturated carbocycles. The number of fused-ring (bicyclic) bond motifs is 2. The van der Waals surface area contributed by atoms with Crippen LogP contribution in [0.3, 0.4) is 0 Å². The molecule has 1 aromatic carbocycles.